The standard InChI is InChI=1S/C9H16N2O2/c12-9(13)4-1-2-6-11-7-3-5-10-8-11/h8H,1-7H2,(H,12,13). The Hall–Kier alpha value is -1.06. The number of unbranched alkanes of at least 4 members (excludes halogenated alkanes) is 1. The van der Waals surface area contributed by atoms with Crippen molar-refractivity contribution in [2.24, 2.45) is 4.99 Å². The Morgan fingerprint density at radius 2 is 2.38 bits per heavy atom. The van der Waals surface area contributed by atoms with Crippen LogP contribution in [0.1, 0.15) is 25.7 Å². The Kier molecular flexibility index (Phi) is 4.29. The first-order valence-electron chi connectivity index (χ1n) is 4.75. The van der Waals surface area contributed by atoms with E-state index in [0.29, 0.717) is 0 Å². The van der Waals surface area contributed by atoms with Gasteiger partial charge in [-0.2, -0.15) is 0 Å². The lowest BCUT2D eigenvalue weighted by Crippen LogP contribution is -2.28. The Labute approximate surface area is 78.3 Å². The Morgan fingerprint density at radius 1 is 1.54 bits per heavy atom. The van der Waals surface area contributed by atoms with Gasteiger partial charge >= 0.3 is 5.97 Å². The van der Waals surface area contributed by atoms with E-state index in [-0.39, 0.29) is 6.42 Å². The third-order valence-electron chi connectivity index (χ3n) is 2.06. The van der Waals surface area contributed by atoms with E-state index >= 15 is 0 Å². The number of carbonyl (C=O) groups is 1. The molecule has 1 rings (SSSR count). The Balaban J connectivity index is 2.01. The molecule has 0 aromatic carbocycles. The molecular weight excluding hydrogens is 168 g/mol. The summed E-state index contributed by atoms with van der Waals surface area (Å²) in [7, 11) is 0. The highest BCUT2D eigenvalue weighted by Gasteiger charge is 2.04. The van der Waals surface area contributed by atoms with Gasteiger partial charge in [0.05, 0.1) is 6.34 Å². The van der Waals surface area contributed by atoms with Crippen molar-refractivity contribution in [1.29, 1.82) is 0 Å². The van der Waals surface area contributed by atoms with Gasteiger partial charge in [-0.1, -0.05) is 0 Å². The van der Waals surface area contributed by atoms with Crippen LogP contribution in [0.5, 0.6) is 0 Å². The first-order valence-corrected chi connectivity index (χ1v) is 4.75. The summed E-state index contributed by atoms with van der Waals surface area (Å²) >= 11 is 0. The fourth-order valence-electron chi connectivity index (χ4n) is 1.36. The van der Waals surface area contributed by atoms with Crippen molar-refractivity contribution in [3.8, 4) is 0 Å². The van der Waals surface area contributed by atoms with Crippen LogP contribution in [0.3, 0.4) is 0 Å². The molecule has 0 aromatic heterocycles. The molecule has 1 heterocycles. The summed E-state index contributed by atoms with van der Waals surface area (Å²) in [5.74, 6) is -0.702. The number of nitrogens with zero attached hydrogens (tertiary/aromatic N) is 2. The minimum atomic E-state index is -0.702. The van der Waals surface area contributed by atoms with Gasteiger partial charge in [-0.15, -0.1) is 0 Å². The molecule has 0 radical (unpaired) electrons. The van der Waals surface area contributed by atoms with E-state index in [9.17, 15) is 4.79 Å². The molecule has 1 N–H and O–H groups in total. The molecule has 0 unspecified atom stereocenters. The van der Waals surface area contributed by atoms with E-state index in [2.05, 4.69) is 9.89 Å². The highest BCUT2D eigenvalue weighted by atomic mass is 16.4. The average molecular weight is 184 g/mol. The second-order valence-corrected chi connectivity index (χ2v) is 3.26. The molecule has 0 bridgehead atoms. The average Bonchev–Trinajstić information content (AvgIpc) is 2.14. The van der Waals surface area contributed by atoms with E-state index < -0.39 is 5.97 Å². The minimum Gasteiger partial charge on any atom is -0.481 e. The van der Waals surface area contributed by atoms with Crippen molar-refractivity contribution in [2.75, 3.05) is 19.6 Å². The lowest BCUT2D eigenvalue weighted by Gasteiger charge is -2.21. The SMILES string of the molecule is O=C(O)CCCCN1C=NCCC1. The van der Waals surface area contributed by atoms with Crippen LogP contribution in [-0.4, -0.2) is 41.9 Å². The highest BCUT2D eigenvalue weighted by molar-refractivity contribution is 5.66. The van der Waals surface area contributed by atoms with Crippen molar-refractivity contribution in [1.82, 2.24) is 4.90 Å². The molecule has 13 heavy (non-hydrogen) atoms. The van der Waals surface area contributed by atoms with Gasteiger partial charge in [0.2, 0.25) is 0 Å². The van der Waals surface area contributed by atoms with Crippen LogP contribution < -0.4 is 0 Å². The van der Waals surface area contributed by atoms with Gasteiger partial charge in [0.15, 0.2) is 0 Å². The maximum Gasteiger partial charge on any atom is 0.303 e. The molecule has 1 aliphatic rings. The Bertz CT molecular complexity index is 192. The molecule has 0 saturated heterocycles. The topological polar surface area (TPSA) is 52.9 Å². The number of carboxylic acid groups (broad SMARTS) is 1. The van der Waals surface area contributed by atoms with Crippen molar-refractivity contribution >= 4 is 12.3 Å². The zero-order chi connectivity index (χ0) is 9.52. The summed E-state index contributed by atoms with van der Waals surface area (Å²) in [6.07, 6.45) is 4.99. The van der Waals surface area contributed by atoms with Gasteiger partial charge in [0.25, 0.3) is 0 Å². The van der Waals surface area contributed by atoms with E-state index in [1.807, 2.05) is 6.34 Å². The van der Waals surface area contributed by atoms with Crippen LogP contribution in [0.25, 0.3) is 0 Å². The summed E-state index contributed by atoms with van der Waals surface area (Å²) in [6, 6.07) is 0. The maximum atomic E-state index is 10.2. The molecule has 4 heteroatoms. The van der Waals surface area contributed by atoms with Gasteiger partial charge in [0.1, 0.15) is 0 Å². The zero-order valence-electron chi connectivity index (χ0n) is 7.78. The summed E-state index contributed by atoms with van der Waals surface area (Å²) < 4.78 is 0. The molecule has 0 saturated carbocycles. The molecule has 0 aromatic rings. The number of rotatable bonds is 5. The minimum absolute atomic E-state index is 0.283. The second kappa shape index (κ2) is 5.56. The number of hydrogen-bond acceptors (Lipinski definition) is 3. The monoisotopic (exact) mass is 184 g/mol. The predicted octanol–water partition coefficient (Wildman–Crippen LogP) is 0.975. The predicted molar refractivity (Wildman–Crippen MR) is 51.0 cm³/mol. The summed E-state index contributed by atoms with van der Waals surface area (Å²) in [6.45, 7) is 2.94. The largest absolute Gasteiger partial charge is 0.481 e. The van der Waals surface area contributed by atoms with E-state index in [1.54, 1.807) is 0 Å². The lowest BCUT2D eigenvalue weighted by atomic mass is 10.2. The van der Waals surface area contributed by atoms with Crippen LogP contribution >= 0.6 is 0 Å². The van der Waals surface area contributed by atoms with Crippen LogP contribution in [-0.2, 0) is 4.79 Å². The molecular formula is C9H16N2O2. The van der Waals surface area contributed by atoms with Crippen molar-refractivity contribution in [3.05, 3.63) is 0 Å². The molecule has 0 aliphatic carbocycles. The summed E-state index contributed by atoms with van der Waals surface area (Å²) in [5.41, 5.74) is 0. The first-order chi connectivity index (χ1) is 6.29. The fourth-order valence-corrected chi connectivity index (χ4v) is 1.36. The van der Waals surface area contributed by atoms with Gasteiger partial charge in [0, 0.05) is 26.1 Å². The highest BCUT2D eigenvalue weighted by Crippen LogP contribution is 2.01. The van der Waals surface area contributed by atoms with Crippen LogP contribution in [0, 0.1) is 0 Å². The normalized spacial score (nSPS) is 16.2. The molecule has 74 valence electrons. The number of aliphatic imine (C=N–C) groups is 1. The summed E-state index contributed by atoms with van der Waals surface area (Å²) in [4.78, 5) is 16.5. The molecule has 1 aliphatic heterocycles. The molecule has 0 amide bonds. The van der Waals surface area contributed by atoms with Gasteiger partial charge in [-0.3, -0.25) is 9.79 Å². The van der Waals surface area contributed by atoms with Crippen LogP contribution in [0.4, 0.5) is 0 Å². The Morgan fingerprint density at radius 3 is 3.00 bits per heavy atom. The van der Waals surface area contributed by atoms with Crippen molar-refractivity contribution in [2.45, 2.75) is 25.7 Å². The molecule has 0 atom stereocenters. The van der Waals surface area contributed by atoms with E-state index in [0.717, 1.165) is 38.9 Å². The van der Waals surface area contributed by atoms with Crippen LogP contribution in [0.2, 0.25) is 0 Å². The smallest absolute Gasteiger partial charge is 0.303 e. The third kappa shape index (κ3) is 4.50. The third-order valence-corrected chi connectivity index (χ3v) is 2.06. The number of hydrogen-bond donors (Lipinski definition) is 1. The van der Waals surface area contributed by atoms with Crippen LogP contribution in [0.15, 0.2) is 4.99 Å². The second-order valence-electron chi connectivity index (χ2n) is 3.26. The van der Waals surface area contributed by atoms with Crippen molar-refractivity contribution < 1.29 is 9.90 Å². The molecule has 0 spiro atoms. The van der Waals surface area contributed by atoms with Crippen molar-refractivity contribution in [3.63, 3.8) is 0 Å². The molecule has 4 nitrogen and oxygen atoms in total. The van der Waals surface area contributed by atoms with Gasteiger partial charge in [-0.25, -0.2) is 0 Å². The van der Waals surface area contributed by atoms with Gasteiger partial charge < -0.3 is 10.0 Å². The maximum absolute atomic E-state index is 10.2. The first kappa shape index (κ1) is 10.0. The van der Waals surface area contributed by atoms with E-state index in [1.165, 1.54) is 0 Å². The zero-order valence-corrected chi connectivity index (χ0v) is 7.78. The quantitative estimate of drug-likeness (QED) is 0.648. The number of carboxylic acids is 1. The summed E-state index contributed by atoms with van der Waals surface area (Å²) in [5, 5.41) is 8.41. The van der Waals surface area contributed by atoms with E-state index in [4.69, 9.17) is 5.11 Å². The van der Waals surface area contributed by atoms with Gasteiger partial charge in [-0.05, 0) is 19.3 Å². The fraction of sp³-hybridized carbons (Fsp3) is 0.778. The molecule has 0 fully saturated rings. The number of aliphatic carboxylic acids is 1. The lowest BCUT2D eigenvalue weighted by molar-refractivity contribution is -0.137.